The van der Waals surface area contributed by atoms with Gasteiger partial charge < -0.3 is 35.4 Å². The monoisotopic (exact) mass is 402 g/mol. The lowest BCUT2D eigenvalue weighted by atomic mass is 10.4. The molecule has 11 heteroatoms. The molecule has 6 N–H and O–H groups in total. The van der Waals surface area contributed by atoms with E-state index in [0.717, 1.165) is 54.1 Å². The first-order valence-electron chi connectivity index (χ1n) is 7.87. The summed E-state index contributed by atoms with van der Waals surface area (Å²) in [5.74, 6) is -3.33. The number of rotatable bonds is 0. The molecule has 0 aromatic carbocycles. The smallest absolute Gasteiger partial charge is 0.300 e. The average molecular weight is 402 g/mol. The van der Waals surface area contributed by atoms with Gasteiger partial charge >= 0.3 is 0 Å². The van der Waals surface area contributed by atoms with Crippen molar-refractivity contribution in [3.8, 4) is 0 Å². The highest BCUT2D eigenvalue weighted by Gasteiger charge is 1.95. The molecule has 0 saturated carbocycles. The Morgan fingerprint density at radius 1 is 0.519 bits per heavy atom. The third-order valence-electron chi connectivity index (χ3n) is 1.65. The van der Waals surface area contributed by atoms with Crippen LogP contribution >= 0.6 is 0 Å². The molecule has 2 aliphatic rings. The number of hydrogen-bond acceptors (Lipinski definition) is 6. The second-order valence-electron chi connectivity index (χ2n) is 4.72. The van der Waals surface area contributed by atoms with Crippen molar-refractivity contribution < 1.29 is 54.6 Å². The van der Waals surface area contributed by atoms with Crippen LogP contribution in [0.4, 0.5) is 0 Å². The van der Waals surface area contributed by atoms with Gasteiger partial charge in [-0.2, -0.15) is 0 Å². The van der Waals surface area contributed by atoms with Crippen LogP contribution in [0.2, 0.25) is 0 Å². The Morgan fingerprint density at radius 3 is 0.667 bits per heavy atom. The Kier molecular flexibility index (Phi) is 41.8. The number of hydrogen-bond donors (Lipinski definition) is 4. The summed E-state index contributed by atoms with van der Waals surface area (Å²) in [6.07, 6.45) is 5.11. The van der Waals surface area contributed by atoms with Gasteiger partial charge in [0.2, 0.25) is 0 Å². The molecule has 2 fully saturated rings. The van der Waals surface area contributed by atoms with Crippen molar-refractivity contribution in [2.45, 2.75) is 53.4 Å². The third kappa shape index (κ3) is 187. The van der Waals surface area contributed by atoms with E-state index in [0.29, 0.717) is 0 Å². The number of aliphatic carboxylic acids is 4. The summed E-state index contributed by atoms with van der Waals surface area (Å²) < 4.78 is 9.89. The molecule has 164 valence electrons. The lowest BCUT2D eigenvalue weighted by molar-refractivity contribution is -0.135. The molecule has 2 aliphatic heterocycles. The van der Waals surface area contributed by atoms with Gasteiger partial charge in [-0.1, -0.05) is 0 Å². The predicted octanol–water partition coefficient (Wildman–Crippen LogP) is 1.13. The van der Waals surface area contributed by atoms with Gasteiger partial charge in [0.05, 0.1) is 0 Å². The van der Waals surface area contributed by atoms with Gasteiger partial charge in [0.1, 0.15) is 0 Å². The van der Waals surface area contributed by atoms with E-state index in [1.54, 1.807) is 0 Å². The molecule has 0 atom stereocenters. The lowest BCUT2D eigenvalue weighted by Crippen LogP contribution is -1.78. The van der Waals surface area contributed by atoms with Gasteiger partial charge in [0.15, 0.2) is 0 Å². The molecule has 0 aromatic rings. The molecule has 0 bridgehead atoms. The summed E-state index contributed by atoms with van der Waals surface area (Å²) in [6.45, 7) is 8.33. The quantitative estimate of drug-likeness (QED) is 0.455. The van der Waals surface area contributed by atoms with Crippen LogP contribution in [-0.4, -0.2) is 76.2 Å². The van der Waals surface area contributed by atoms with Gasteiger partial charge in [-0.15, -0.1) is 0 Å². The summed E-state index contributed by atoms with van der Waals surface area (Å²) in [5, 5.41) is 29.7. The zero-order chi connectivity index (χ0) is 21.4. The van der Waals surface area contributed by atoms with E-state index in [-0.39, 0.29) is 5.48 Å². The molecular weight excluding hydrogens is 368 g/mol. The van der Waals surface area contributed by atoms with Crippen LogP contribution in [0.15, 0.2) is 0 Å². The lowest BCUT2D eigenvalue weighted by Gasteiger charge is -1.76. The van der Waals surface area contributed by atoms with Crippen molar-refractivity contribution >= 4 is 23.9 Å². The second-order valence-corrected chi connectivity index (χ2v) is 4.72. The molecule has 0 spiro atoms. The topological polar surface area (TPSA) is 199 Å². The van der Waals surface area contributed by atoms with Crippen molar-refractivity contribution in [2.75, 3.05) is 26.4 Å². The van der Waals surface area contributed by atoms with E-state index >= 15 is 0 Å². The number of carboxylic acids is 4. The Hall–Kier alpha value is -2.24. The highest BCUT2D eigenvalue weighted by molar-refractivity contribution is 5.63. The van der Waals surface area contributed by atoms with Gasteiger partial charge in [-0.05, 0) is 25.7 Å². The molecule has 0 aromatic heterocycles. The fourth-order valence-corrected chi connectivity index (χ4v) is 1.02. The normalized spacial score (nSPS) is 12.6. The Bertz CT molecular complexity index is 259. The maximum Gasteiger partial charge on any atom is 0.300 e. The maximum atomic E-state index is 9.00. The van der Waals surface area contributed by atoms with E-state index < -0.39 is 23.9 Å². The standard InChI is InChI=1S/2C4H8O.4C2H4O2.H2O/c2*1-2-4-5-3-1;4*1-2(3)4;/h2*1-4H2;4*1H3,(H,3,4);1H2. The van der Waals surface area contributed by atoms with Gasteiger partial charge in [-0.25, -0.2) is 0 Å². The third-order valence-corrected chi connectivity index (χ3v) is 1.65. The van der Waals surface area contributed by atoms with Crippen LogP contribution in [0.3, 0.4) is 0 Å². The minimum Gasteiger partial charge on any atom is -0.481 e. The first kappa shape index (κ1) is 35.8. The van der Waals surface area contributed by atoms with Crippen molar-refractivity contribution in [3.63, 3.8) is 0 Å². The average Bonchev–Trinajstić information content (AvgIpc) is 3.16. The summed E-state index contributed by atoms with van der Waals surface area (Å²) in [4.78, 5) is 36.0. The van der Waals surface area contributed by atoms with Crippen LogP contribution < -0.4 is 0 Å². The molecule has 0 amide bonds. The summed E-state index contributed by atoms with van der Waals surface area (Å²) in [6, 6.07) is 0. The largest absolute Gasteiger partial charge is 0.481 e. The zero-order valence-electron chi connectivity index (χ0n) is 16.4. The van der Waals surface area contributed by atoms with Crippen LogP contribution in [0.5, 0.6) is 0 Å². The van der Waals surface area contributed by atoms with Gasteiger partial charge in [0, 0.05) is 54.1 Å². The van der Waals surface area contributed by atoms with E-state index in [4.69, 9.17) is 49.1 Å². The SMILES string of the molecule is C1CCOC1.C1CCOC1.CC(=O)O.CC(=O)O.CC(=O)O.CC(=O)O.O. The minimum atomic E-state index is -0.833. The maximum absolute atomic E-state index is 9.00. The Morgan fingerprint density at radius 2 is 0.630 bits per heavy atom. The van der Waals surface area contributed by atoms with Crippen LogP contribution in [0.1, 0.15) is 53.4 Å². The van der Waals surface area contributed by atoms with Gasteiger partial charge in [-0.3, -0.25) is 19.2 Å². The molecular formula is C16H34O11. The molecule has 2 saturated heterocycles. The highest BCUT2D eigenvalue weighted by Crippen LogP contribution is 1.98. The summed E-state index contributed by atoms with van der Waals surface area (Å²) in [7, 11) is 0. The van der Waals surface area contributed by atoms with E-state index in [9.17, 15) is 0 Å². The molecule has 11 nitrogen and oxygen atoms in total. The summed E-state index contributed by atoms with van der Waals surface area (Å²) >= 11 is 0. The summed E-state index contributed by atoms with van der Waals surface area (Å²) in [5.41, 5.74) is 0. The number of carbonyl (C=O) groups is 4. The van der Waals surface area contributed by atoms with Crippen LogP contribution in [-0.2, 0) is 28.7 Å². The Labute approximate surface area is 159 Å². The fourth-order valence-electron chi connectivity index (χ4n) is 1.02. The van der Waals surface area contributed by atoms with Crippen LogP contribution in [0.25, 0.3) is 0 Å². The van der Waals surface area contributed by atoms with Crippen molar-refractivity contribution in [2.24, 2.45) is 0 Å². The van der Waals surface area contributed by atoms with Crippen molar-refractivity contribution in [1.29, 1.82) is 0 Å². The van der Waals surface area contributed by atoms with Crippen molar-refractivity contribution in [1.82, 2.24) is 0 Å². The molecule has 2 rings (SSSR count). The minimum absolute atomic E-state index is 0. The fraction of sp³-hybridized carbons (Fsp3) is 0.750. The first-order chi connectivity index (χ1) is 11.9. The van der Waals surface area contributed by atoms with Gasteiger partial charge in [0.25, 0.3) is 23.9 Å². The first-order valence-corrected chi connectivity index (χ1v) is 7.87. The highest BCUT2D eigenvalue weighted by atomic mass is 16.5. The van der Waals surface area contributed by atoms with E-state index in [2.05, 4.69) is 0 Å². The number of carboxylic acid groups (broad SMARTS) is 4. The number of ether oxygens (including phenoxy) is 2. The Balaban J connectivity index is -0.0000000716. The second kappa shape index (κ2) is 31.5. The molecule has 0 radical (unpaired) electrons. The zero-order valence-corrected chi connectivity index (χ0v) is 16.4. The van der Waals surface area contributed by atoms with Crippen molar-refractivity contribution in [3.05, 3.63) is 0 Å². The van der Waals surface area contributed by atoms with Crippen LogP contribution in [0, 0.1) is 0 Å². The van der Waals surface area contributed by atoms with E-state index in [1.165, 1.54) is 25.7 Å². The molecule has 0 unspecified atom stereocenters. The molecule has 27 heavy (non-hydrogen) atoms. The molecule has 2 heterocycles. The predicted molar refractivity (Wildman–Crippen MR) is 97.0 cm³/mol. The van der Waals surface area contributed by atoms with E-state index in [1.807, 2.05) is 0 Å². The molecule has 0 aliphatic carbocycles.